The zero-order chi connectivity index (χ0) is 14.0. The molecule has 0 saturated heterocycles. The Labute approximate surface area is 117 Å². The smallest absolute Gasteiger partial charge is 0.251 e. The highest BCUT2D eigenvalue weighted by Gasteiger charge is 2.15. The monoisotopic (exact) mass is 330 g/mol. The van der Waals surface area contributed by atoms with Crippen molar-refractivity contribution in [1.82, 2.24) is 4.98 Å². The van der Waals surface area contributed by atoms with Gasteiger partial charge in [-0.15, -0.1) is 0 Å². The van der Waals surface area contributed by atoms with Gasteiger partial charge in [0, 0.05) is 24.1 Å². The normalized spacial score (nSPS) is 10.6. The molecule has 0 aliphatic rings. The molecule has 0 aliphatic carbocycles. The van der Waals surface area contributed by atoms with Crippen LogP contribution in [0.25, 0.3) is 0 Å². The first-order chi connectivity index (χ1) is 8.99. The number of halogens is 4. The van der Waals surface area contributed by atoms with E-state index in [1.54, 1.807) is 7.05 Å². The summed E-state index contributed by atoms with van der Waals surface area (Å²) < 4.78 is 40.3. The number of nitrogens with zero attached hydrogens (tertiary/aromatic N) is 2. The highest BCUT2D eigenvalue weighted by atomic mass is 79.9. The summed E-state index contributed by atoms with van der Waals surface area (Å²) >= 11 is 3.37. The predicted octanol–water partition coefficient (Wildman–Crippen LogP) is 3.90. The lowest BCUT2D eigenvalue weighted by atomic mass is 10.2. The molecule has 0 atom stereocenters. The Balaban J connectivity index is 2.28. The quantitative estimate of drug-likeness (QED) is 0.793. The van der Waals surface area contributed by atoms with Crippen LogP contribution in [0.2, 0.25) is 0 Å². The van der Waals surface area contributed by atoms with E-state index in [1.165, 1.54) is 4.90 Å². The fourth-order valence-corrected chi connectivity index (χ4v) is 2.07. The van der Waals surface area contributed by atoms with Gasteiger partial charge >= 0.3 is 0 Å². The van der Waals surface area contributed by atoms with Crippen LogP contribution in [0.3, 0.4) is 0 Å². The van der Waals surface area contributed by atoms with Crippen molar-refractivity contribution in [1.29, 1.82) is 0 Å². The van der Waals surface area contributed by atoms with E-state index < -0.39 is 17.6 Å². The molecule has 0 amide bonds. The molecule has 0 aliphatic heterocycles. The first kappa shape index (κ1) is 13.9. The summed E-state index contributed by atoms with van der Waals surface area (Å²) in [5.74, 6) is -3.73. The Bertz CT molecular complexity index is 604. The van der Waals surface area contributed by atoms with Crippen LogP contribution in [-0.2, 0) is 6.54 Å². The molecule has 0 bridgehead atoms. The highest BCUT2D eigenvalue weighted by Crippen LogP contribution is 2.22. The number of rotatable bonds is 3. The second kappa shape index (κ2) is 5.61. The summed E-state index contributed by atoms with van der Waals surface area (Å²) in [6.45, 7) is 0.316. The molecule has 0 saturated carbocycles. The number of hydrogen-bond donors (Lipinski definition) is 0. The van der Waals surface area contributed by atoms with Gasteiger partial charge in [0.15, 0.2) is 17.5 Å². The third-order valence-electron chi connectivity index (χ3n) is 2.60. The number of hydrogen-bond acceptors (Lipinski definition) is 2. The molecule has 0 fully saturated rings. The van der Waals surface area contributed by atoms with E-state index >= 15 is 0 Å². The Morgan fingerprint density at radius 2 is 1.84 bits per heavy atom. The molecule has 19 heavy (non-hydrogen) atoms. The van der Waals surface area contributed by atoms with Crippen LogP contribution >= 0.6 is 15.9 Å². The molecular formula is C13H10BrF3N2. The second-order valence-corrected chi connectivity index (χ2v) is 4.87. The van der Waals surface area contributed by atoms with E-state index in [9.17, 15) is 13.2 Å². The third-order valence-corrected chi connectivity index (χ3v) is 3.37. The highest BCUT2D eigenvalue weighted by molar-refractivity contribution is 9.10. The van der Waals surface area contributed by atoms with Crippen LogP contribution in [0.4, 0.5) is 19.0 Å². The fourth-order valence-electron chi connectivity index (χ4n) is 1.66. The summed E-state index contributed by atoms with van der Waals surface area (Å²) in [6.07, 6.45) is 0. The molecule has 2 rings (SSSR count). The fraction of sp³-hybridized carbons (Fsp3) is 0.154. The molecule has 0 unspecified atom stereocenters. The second-order valence-electron chi connectivity index (χ2n) is 4.01. The first-order valence-corrected chi connectivity index (χ1v) is 6.24. The van der Waals surface area contributed by atoms with Gasteiger partial charge in [0.2, 0.25) is 0 Å². The summed E-state index contributed by atoms with van der Waals surface area (Å²) in [6, 6.07) is 7.87. The van der Waals surface area contributed by atoms with Crippen molar-refractivity contribution < 1.29 is 13.2 Å². The van der Waals surface area contributed by atoms with Gasteiger partial charge in [-0.25, -0.2) is 8.78 Å². The summed E-state index contributed by atoms with van der Waals surface area (Å²) in [5.41, 5.74) is 0.885. The Morgan fingerprint density at radius 1 is 1.16 bits per heavy atom. The lowest BCUT2D eigenvalue weighted by molar-refractivity contribution is 0.463. The van der Waals surface area contributed by atoms with Gasteiger partial charge in [-0.1, -0.05) is 34.1 Å². The topological polar surface area (TPSA) is 16.1 Å². The van der Waals surface area contributed by atoms with Gasteiger partial charge in [-0.05, 0) is 11.6 Å². The zero-order valence-electron chi connectivity index (χ0n) is 10.0. The van der Waals surface area contributed by atoms with E-state index in [-0.39, 0.29) is 5.82 Å². The third kappa shape index (κ3) is 3.07. The minimum atomic E-state index is -1.31. The van der Waals surface area contributed by atoms with E-state index in [2.05, 4.69) is 20.9 Å². The van der Waals surface area contributed by atoms with Crippen LogP contribution in [0, 0.1) is 17.6 Å². The average molecular weight is 331 g/mol. The lowest BCUT2D eigenvalue weighted by Gasteiger charge is -2.19. The van der Waals surface area contributed by atoms with E-state index in [0.717, 1.165) is 10.0 Å². The average Bonchev–Trinajstić information content (AvgIpc) is 2.36. The Kier molecular flexibility index (Phi) is 4.09. The molecule has 0 spiro atoms. The van der Waals surface area contributed by atoms with Gasteiger partial charge in [0.25, 0.3) is 5.95 Å². The number of anilines is 1. The van der Waals surface area contributed by atoms with Gasteiger partial charge in [-0.3, -0.25) is 0 Å². The molecule has 6 heteroatoms. The number of aromatic nitrogens is 1. The number of pyridine rings is 1. The van der Waals surface area contributed by atoms with Crippen molar-refractivity contribution in [3.05, 3.63) is 58.0 Å². The minimum absolute atomic E-state index is 0.227. The molecule has 1 aromatic carbocycles. The summed E-state index contributed by atoms with van der Waals surface area (Å²) in [5, 5.41) is 0. The zero-order valence-corrected chi connectivity index (χ0v) is 11.6. The predicted molar refractivity (Wildman–Crippen MR) is 70.4 cm³/mol. The molecule has 0 radical (unpaired) electrons. The molecule has 1 aromatic heterocycles. The van der Waals surface area contributed by atoms with E-state index in [4.69, 9.17) is 0 Å². The van der Waals surface area contributed by atoms with Crippen molar-refractivity contribution in [2.24, 2.45) is 0 Å². The first-order valence-electron chi connectivity index (χ1n) is 5.45. The standard InChI is InChI=1S/C13H10BrF3N2/c1-19(7-8-4-2-3-5-9(8)14)13-11(16)6-10(15)12(17)18-13/h2-6H,7H2,1H3. The molecular weight excluding hydrogens is 321 g/mol. The van der Waals surface area contributed by atoms with Gasteiger partial charge in [-0.2, -0.15) is 9.37 Å². The molecule has 2 aromatic rings. The molecule has 0 N–H and O–H groups in total. The van der Waals surface area contributed by atoms with Crippen molar-refractivity contribution >= 4 is 21.7 Å². The van der Waals surface area contributed by atoms with Crippen molar-refractivity contribution in [2.75, 3.05) is 11.9 Å². The van der Waals surface area contributed by atoms with Crippen molar-refractivity contribution in [3.8, 4) is 0 Å². The Morgan fingerprint density at radius 3 is 2.53 bits per heavy atom. The largest absolute Gasteiger partial charge is 0.353 e. The van der Waals surface area contributed by atoms with Crippen LogP contribution in [0.1, 0.15) is 5.56 Å². The van der Waals surface area contributed by atoms with Gasteiger partial charge in [0.1, 0.15) is 0 Å². The van der Waals surface area contributed by atoms with Gasteiger partial charge in [0.05, 0.1) is 0 Å². The maximum atomic E-state index is 13.6. The summed E-state index contributed by atoms with van der Waals surface area (Å²) in [7, 11) is 1.56. The molecule has 100 valence electrons. The number of benzene rings is 1. The Hall–Kier alpha value is -1.56. The lowest BCUT2D eigenvalue weighted by Crippen LogP contribution is -2.20. The van der Waals surface area contributed by atoms with Crippen molar-refractivity contribution in [3.63, 3.8) is 0 Å². The van der Waals surface area contributed by atoms with E-state index in [1.807, 2.05) is 24.3 Å². The summed E-state index contributed by atoms with van der Waals surface area (Å²) in [4.78, 5) is 4.71. The molecule has 1 heterocycles. The maximum Gasteiger partial charge on any atom is 0.251 e. The maximum absolute atomic E-state index is 13.6. The van der Waals surface area contributed by atoms with Crippen LogP contribution < -0.4 is 4.90 Å². The van der Waals surface area contributed by atoms with Crippen molar-refractivity contribution in [2.45, 2.75) is 6.54 Å². The van der Waals surface area contributed by atoms with Gasteiger partial charge < -0.3 is 4.90 Å². The van der Waals surface area contributed by atoms with Crippen LogP contribution in [0.15, 0.2) is 34.8 Å². The minimum Gasteiger partial charge on any atom is -0.353 e. The van der Waals surface area contributed by atoms with E-state index in [0.29, 0.717) is 12.6 Å². The van der Waals surface area contributed by atoms with Crippen LogP contribution in [0.5, 0.6) is 0 Å². The molecule has 2 nitrogen and oxygen atoms in total. The SMILES string of the molecule is CN(Cc1ccccc1Br)c1nc(F)c(F)cc1F. The van der Waals surface area contributed by atoms with Crippen LogP contribution in [-0.4, -0.2) is 12.0 Å².